The zero-order chi connectivity index (χ0) is 15.7. The van der Waals surface area contributed by atoms with E-state index in [1.54, 1.807) is 0 Å². The minimum absolute atomic E-state index is 0.158. The van der Waals surface area contributed by atoms with Crippen molar-refractivity contribution in [1.82, 2.24) is 16.0 Å². The Labute approximate surface area is 127 Å². The van der Waals surface area contributed by atoms with Gasteiger partial charge < -0.3 is 20.7 Å². The molecule has 6 heteroatoms. The van der Waals surface area contributed by atoms with Crippen molar-refractivity contribution in [3.63, 3.8) is 0 Å². The van der Waals surface area contributed by atoms with E-state index in [1.807, 2.05) is 20.8 Å². The smallest absolute Gasteiger partial charge is 0.407 e. The zero-order valence-corrected chi connectivity index (χ0v) is 13.5. The molecule has 6 nitrogen and oxygen atoms in total. The Kier molecular flexibility index (Phi) is 7.50. The van der Waals surface area contributed by atoms with Gasteiger partial charge in [0.2, 0.25) is 5.91 Å². The SMILES string of the molecule is CC(C)(C)OC(=O)NCCCNCCCC(=O)NC1CC1. The van der Waals surface area contributed by atoms with Gasteiger partial charge in [0.05, 0.1) is 0 Å². The Morgan fingerprint density at radius 3 is 2.38 bits per heavy atom. The average molecular weight is 299 g/mol. The molecule has 1 saturated carbocycles. The van der Waals surface area contributed by atoms with E-state index in [0.29, 0.717) is 19.0 Å². The highest BCUT2D eigenvalue weighted by atomic mass is 16.6. The van der Waals surface area contributed by atoms with Crippen LogP contribution in [0.5, 0.6) is 0 Å². The molecule has 0 unspecified atom stereocenters. The molecule has 21 heavy (non-hydrogen) atoms. The number of hydrogen-bond donors (Lipinski definition) is 3. The van der Waals surface area contributed by atoms with Gasteiger partial charge in [-0.05, 0) is 59.5 Å². The van der Waals surface area contributed by atoms with Gasteiger partial charge in [0.15, 0.2) is 0 Å². The van der Waals surface area contributed by atoms with E-state index in [2.05, 4.69) is 16.0 Å². The Morgan fingerprint density at radius 1 is 1.10 bits per heavy atom. The number of hydrogen-bond acceptors (Lipinski definition) is 4. The fraction of sp³-hybridized carbons (Fsp3) is 0.867. The number of nitrogens with one attached hydrogen (secondary N) is 3. The highest BCUT2D eigenvalue weighted by Crippen LogP contribution is 2.18. The first-order chi connectivity index (χ1) is 9.87. The summed E-state index contributed by atoms with van der Waals surface area (Å²) >= 11 is 0. The lowest BCUT2D eigenvalue weighted by atomic mass is 10.2. The maximum absolute atomic E-state index is 11.4. The normalized spacial score (nSPS) is 14.6. The van der Waals surface area contributed by atoms with Crippen LogP contribution in [0.25, 0.3) is 0 Å². The van der Waals surface area contributed by atoms with E-state index >= 15 is 0 Å². The van der Waals surface area contributed by atoms with E-state index in [-0.39, 0.29) is 12.0 Å². The van der Waals surface area contributed by atoms with Crippen LogP contribution >= 0.6 is 0 Å². The lowest BCUT2D eigenvalue weighted by Crippen LogP contribution is -2.34. The molecule has 2 amide bonds. The predicted octanol–water partition coefficient (Wildman–Crippen LogP) is 1.55. The number of amides is 2. The van der Waals surface area contributed by atoms with Gasteiger partial charge in [-0.25, -0.2) is 4.79 Å². The fourth-order valence-corrected chi connectivity index (χ4v) is 1.74. The largest absolute Gasteiger partial charge is 0.444 e. The molecular formula is C15H29N3O3. The summed E-state index contributed by atoms with van der Waals surface area (Å²) in [5, 5.41) is 8.94. The molecule has 0 atom stereocenters. The van der Waals surface area contributed by atoms with Crippen molar-refractivity contribution in [3.8, 4) is 0 Å². The summed E-state index contributed by atoms with van der Waals surface area (Å²) in [6.45, 7) is 7.75. The topological polar surface area (TPSA) is 79.5 Å². The van der Waals surface area contributed by atoms with Crippen LogP contribution < -0.4 is 16.0 Å². The van der Waals surface area contributed by atoms with Crippen molar-refractivity contribution in [2.75, 3.05) is 19.6 Å². The van der Waals surface area contributed by atoms with Gasteiger partial charge in [-0.2, -0.15) is 0 Å². The predicted molar refractivity (Wildman–Crippen MR) is 82.1 cm³/mol. The average Bonchev–Trinajstić information content (AvgIpc) is 3.14. The summed E-state index contributed by atoms with van der Waals surface area (Å²) in [5.74, 6) is 0.158. The molecule has 122 valence electrons. The van der Waals surface area contributed by atoms with E-state index in [1.165, 1.54) is 0 Å². The van der Waals surface area contributed by atoms with Crippen molar-refractivity contribution >= 4 is 12.0 Å². The molecule has 0 spiro atoms. The standard InChI is InChI=1S/C15H29N3O3/c1-15(2,3)21-14(20)17-11-5-10-16-9-4-6-13(19)18-12-7-8-12/h12,16H,4-11H2,1-3H3,(H,17,20)(H,18,19). The number of ether oxygens (including phenoxy) is 1. The summed E-state index contributed by atoms with van der Waals surface area (Å²) in [4.78, 5) is 22.8. The minimum Gasteiger partial charge on any atom is -0.444 e. The first-order valence-corrected chi connectivity index (χ1v) is 7.84. The number of alkyl carbamates (subject to hydrolysis) is 1. The van der Waals surface area contributed by atoms with Crippen LogP contribution in [0, 0.1) is 0 Å². The zero-order valence-electron chi connectivity index (χ0n) is 13.5. The van der Waals surface area contributed by atoms with Crippen molar-refractivity contribution in [1.29, 1.82) is 0 Å². The minimum atomic E-state index is -0.455. The molecule has 1 rings (SSSR count). The first-order valence-electron chi connectivity index (χ1n) is 7.84. The van der Waals surface area contributed by atoms with E-state index < -0.39 is 5.60 Å². The molecule has 0 radical (unpaired) electrons. The monoisotopic (exact) mass is 299 g/mol. The summed E-state index contributed by atoms with van der Waals surface area (Å²) in [6, 6.07) is 0.449. The molecule has 0 saturated heterocycles. The van der Waals surface area contributed by atoms with Gasteiger partial charge in [0.25, 0.3) is 0 Å². The third-order valence-corrected chi connectivity index (χ3v) is 2.90. The summed E-state index contributed by atoms with van der Waals surface area (Å²) in [7, 11) is 0. The van der Waals surface area contributed by atoms with Crippen molar-refractivity contribution in [2.45, 2.75) is 64.5 Å². The molecule has 0 bridgehead atoms. The van der Waals surface area contributed by atoms with E-state index in [9.17, 15) is 9.59 Å². The highest BCUT2D eigenvalue weighted by molar-refractivity contribution is 5.76. The molecule has 1 aliphatic carbocycles. The van der Waals surface area contributed by atoms with Gasteiger partial charge in [-0.3, -0.25) is 4.79 Å². The highest BCUT2D eigenvalue weighted by Gasteiger charge is 2.22. The lowest BCUT2D eigenvalue weighted by molar-refractivity contribution is -0.121. The van der Waals surface area contributed by atoms with Crippen LogP contribution in [0.4, 0.5) is 4.79 Å². The second-order valence-corrected chi connectivity index (χ2v) is 6.48. The van der Waals surface area contributed by atoms with Gasteiger partial charge in [0, 0.05) is 19.0 Å². The molecule has 1 fully saturated rings. The summed E-state index contributed by atoms with van der Waals surface area (Å²) < 4.78 is 5.13. The van der Waals surface area contributed by atoms with Crippen LogP contribution in [0.15, 0.2) is 0 Å². The van der Waals surface area contributed by atoms with Crippen molar-refractivity contribution in [2.24, 2.45) is 0 Å². The number of carbonyl (C=O) groups is 2. The number of rotatable bonds is 9. The second-order valence-electron chi connectivity index (χ2n) is 6.48. The Balaban J connectivity index is 1.83. The Morgan fingerprint density at radius 2 is 1.76 bits per heavy atom. The number of carbonyl (C=O) groups excluding carboxylic acids is 2. The maximum Gasteiger partial charge on any atom is 0.407 e. The molecule has 1 aliphatic rings. The fourth-order valence-electron chi connectivity index (χ4n) is 1.74. The van der Waals surface area contributed by atoms with E-state index in [4.69, 9.17) is 4.74 Å². The molecule has 0 aromatic rings. The molecule has 0 heterocycles. The van der Waals surface area contributed by atoms with Crippen LogP contribution in [0.3, 0.4) is 0 Å². The third kappa shape index (κ3) is 11.1. The second kappa shape index (κ2) is 8.87. The molecule has 3 N–H and O–H groups in total. The Bertz CT molecular complexity index is 336. The molecule has 0 aliphatic heterocycles. The quantitative estimate of drug-likeness (QED) is 0.564. The van der Waals surface area contributed by atoms with Crippen LogP contribution in [-0.4, -0.2) is 43.3 Å². The maximum atomic E-state index is 11.4. The molecular weight excluding hydrogens is 270 g/mol. The van der Waals surface area contributed by atoms with Crippen LogP contribution in [0.2, 0.25) is 0 Å². The lowest BCUT2D eigenvalue weighted by Gasteiger charge is -2.19. The van der Waals surface area contributed by atoms with Gasteiger partial charge in [0.1, 0.15) is 5.60 Å². The van der Waals surface area contributed by atoms with Crippen LogP contribution in [-0.2, 0) is 9.53 Å². The van der Waals surface area contributed by atoms with Gasteiger partial charge in [-0.15, -0.1) is 0 Å². The van der Waals surface area contributed by atoms with Crippen molar-refractivity contribution in [3.05, 3.63) is 0 Å². The summed E-state index contributed by atoms with van der Waals surface area (Å²) in [6.07, 6.45) is 4.16. The Hall–Kier alpha value is -1.30. The molecule has 0 aromatic carbocycles. The summed E-state index contributed by atoms with van der Waals surface area (Å²) in [5.41, 5.74) is -0.455. The van der Waals surface area contributed by atoms with E-state index in [0.717, 1.165) is 38.8 Å². The first kappa shape index (κ1) is 17.8. The van der Waals surface area contributed by atoms with Gasteiger partial charge >= 0.3 is 6.09 Å². The third-order valence-electron chi connectivity index (χ3n) is 2.90. The van der Waals surface area contributed by atoms with Gasteiger partial charge in [-0.1, -0.05) is 0 Å². The molecule has 0 aromatic heterocycles. The van der Waals surface area contributed by atoms with Crippen molar-refractivity contribution < 1.29 is 14.3 Å². The van der Waals surface area contributed by atoms with Crippen LogP contribution in [0.1, 0.15) is 52.9 Å².